The van der Waals surface area contributed by atoms with Gasteiger partial charge in [-0.1, -0.05) is 86.3 Å². The fourth-order valence-corrected chi connectivity index (χ4v) is 5.48. The topological polar surface area (TPSA) is 51.2 Å². The van der Waals surface area contributed by atoms with Gasteiger partial charge in [-0.2, -0.15) is 0 Å². The Kier molecular flexibility index (Phi) is 6.56. The summed E-state index contributed by atoms with van der Waals surface area (Å²) >= 11 is 0. The molecule has 30 heavy (non-hydrogen) atoms. The van der Waals surface area contributed by atoms with Crippen molar-refractivity contribution in [3.05, 3.63) is 71.8 Å². The summed E-state index contributed by atoms with van der Waals surface area (Å²) in [6, 6.07) is 18.7. The van der Waals surface area contributed by atoms with Crippen LogP contribution in [-0.2, 0) is 4.79 Å². The van der Waals surface area contributed by atoms with E-state index in [1.807, 2.05) is 60.7 Å². The van der Waals surface area contributed by atoms with Crippen LogP contribution in [0.1, 0.15) is 72.1 Å². The smallest absolute Gasteiger partial charge is 0.166 e. The van der Waals surface area contributed by atoms with Gasteiger partial charge in [-0.25, -0.2) is 0 Å². The highest BCUT2D eigenvalue weighted by molar-refractivity contribution is 6.04. The molecular formula is C27H30O3. The van der Waals surface area contributed by atoms with Crippen molar-refractivity contribution < 1.29 is 14.4 Å². The van der Waals surface area contributed by atoms with Gasteiger partial charge in [-0.3, -0.25) is 14.4 Å². The highest BCUT2D eigenvalue weighted by Gasteiger charge is 2.43. The van der Waals surface area contributed by atoms with Gasteiger partial charge >= 0.3 is 0 Å². The molecule has 0 amide bonds. The van der Waals surface area contributed by atoms with Crippen molar-refractivity contribution in [2.45, 2.75) is 51.4 Å². The van der Waals surface area contributed by atoms with Crippen LogP contribution in [0.25, 0.3) is 0 Å². The van der Waals surface area contributed by atoms with Crippen molar-refractivity contribution in [3.63, 3.8) is 0 Å². The molecule has 2 saturated carbocycles. The molecule has 0 aliphatic heterocycles. The van der Waals surface area contributed by atoms with Gasteiger partial charge in [-0.05, 0) is 25.7 Å². The molecule has 3 heteroatoms. The van der Waals surface area contributed by atoms with E-state index < -0.39 is 0 Å². The highest BCUT2D eigenvalue weighted by Crippen LogP contribution is 2.40. The van der Waals surface area contributed by atoms with E-state index in [1.54, 1.807) is 0 Å². The van der Waals surface area contributed by atoms with Crippen molar-refractivity contribution in [1.29, 1.82) is 0 Å². The van der Waals surface area contributed by atoms with Gasteiger partial charge in [0.05, 0.1) is 0 Å². The molecule has 0 aromatic heterocycles. The fourth-order valence-electron chi connectivity index (χ4n) is 5.48. The predicted molar refractivity (Wildman–Crippen MR) is 117 cm³/mol. The molecule has 0 saturated heterocycles. The maximum atomic E-state index is 13.7. The van der Waals surface area contributed by atoms with Gasteiger partial charge in [-0.15, -0.1) is 0 Å². The number of carbonyl (C=O) groups is 3. The Morgan fingerprint density at radius 1 is 0.500 bits per heavy atom. The Hall–Kier alpha value is -2.55. The van der Waals surface area contributed by atoms with Gasteiger partial charge in [0.15, 0.2) is 11.6 Å². The van der Waals surface area contributed by atoms with Crippen molar-refractivity contribution in [3.8, 4) is 0 Å². The molecule has 0 spiro atoms. The maximum absolute atomic E-state index is 13.7. The third-order valence-corrected chi connectivity index (χ3v) is 7.05. The normalized spacial score (nSPS) is 26.7. The van der Waals surface area contributed by atoms with Crippen LogP contribution in [0.2, 0.25) is 0 Å². The minimum absolute atomic E-state index is 0.0930. The first kappa shape index (κ1) is 20.7. The summed E-state index contributed by atoms with van der Waals surface area (Å²) in [6.07, 6.45) is 7.03. The number of benzene rings is 2. The van der Waals surface area contributed by atoms with Crippen molar-refractivity contribution in [2.75, 3.05) is 0 Å². The van der Waals surface area contributed by atoms with Crippen LogP contribution in [0.5, 0.6) is 0 Å². The second-order valence-electron chi connectivity index (χ2n) is 8.86. The van der Waals surface area contributed by atoms with Crippen LogP contribution in [0.4, 0.5) is 0 Å². The predicted octanol–water partition coefficient (Wildman–Crippen LogP) is 5.93. The summed E-state index contributed by atoms with van der Waals surface area (Å²) < 4.78 is 0. The third-order valence-electron chi connectivity index (χ3n) is 7.05. The molecule has 2 aromatic rings. The molecular weight excluding hydrogens is 372 g/mol. The third kappa shape index (κ3) is 4.30. The van der Waals surface area contributed by atoms with Crippen LogP contribution in [0.3, 0.4) is 0 Å². The van der Waals surface area contributed by atoms with Crippen LogP contribution < -0.4 is 0 Å². The first-order chi connectivity index (χ1) is 14.7. The Morgan fingerprint density at radius 3 is 1.20 bits per heavy atom. The zero-order valence-electron chi connectivity index (χ0n) is 17.5. The van der Waals surface area contributed by atoms with E-state index in [4.69, 9.17) is 0 Å². The van der Waals surface area contributed by atoms with Crippen molar-refractivity contribution in [2.24, 2.45) is 23.7 Å². The SMILES string of the molecule is O=C(c1ccccc1)C1CCCCC1C(=O)C1CCCCC1C(=O)c1ccccc1. The maximum Gasteiger partial charge on any atom is 0.166 e. The van der Waals surface area contributed by atoms with Gasteiger partial charge in [0.1, 0.15) is 5.78 Å². The first-order valence-electron chi connectivity index (χ1n) is 11.4. The monoisotopic (exact) mass is 402 g/mol. The zero-order valence-corrected chi connectivity index (χ0v) is 17.5. The minimum Gasteiger partial charge on any atom is -0.299 e. The summed E-state index contributed by atoms with van der Waals surface area (Å²) in [4.78, 5) is 40.2. The molecule has 4 atom stereocenters. The van der Waals surface area contributed by atoms with Gasteiger partial charge in [0.25, 0.3) is 0 Å². The van der Waals surface area contributed by atoms with E-state index >= 15 is 0 Å². The number of rotatable bonds is 6. The van der Waals surface area contributed by atoms with E-state index in [0.717, 1.165) is 51.4 Å². The number of Topliss-reactive ketones (excluding diaryl/α,β-unsaturated/α-hetero) is 3. The lowest BCUT2D eigenvalue weighted by Gasteiger charge is -2.36. The molecule has 0 radical (unpaired) electrons. The first-order valence-corrected chi connectivity index (χ1v) is 11.4. The molecule has 2 aliphatic rings. The number of hydrogen-bond acceptors (Lipinski definition) is 3. The van der Waals surface area contributed by atoms with Crippen LogP contribution in [0, 0.1) is 23.7 Å². The van der Waals surface area contributed by atoms with E-state index in [1.165, 1.54) is 0 Å². The molecule has 0 N–H and O–H groups in total. The molecule has 2 aromatic carbocycles. The lowest BCUT2D eigenvalue weighted by atomic mass is 9.65. The molecule has 2 aliphatic carbocycles. The molecule has 4 rings (SSSR count). The lowest BCUT2D eigenvalue weighted by Crippen LogP contribution is -2.41. The minimum atomic E-state index is -0.249. The quantitative estimate of drug-likeness (QED) is 0.562. The highest BCUT2D eigenvalue weighted by atomic mass is 16.1. The molecule has 0 heterocycles. The lowest BCUT2D eigenvalue weighted by molar-refractivity contribution is -0.131. The van der Waals surface area contributed by atoms with Gasteiger partial charge in [0.2, 0.25) is 0 Å². The molecule has 4 unspecified atom stereocenters. The van der Waals surface area contributed by atoms with E-state index in [-0.39, 0.29) is 41.0 Å². The summed E-state index contributed by atoms with van der Waals surface area (Å²) in [5.74, 6) is -0.642. The fraction of sp³-hybridized carbons (Fsp3) is 0.444. The second-order valence-corrected chi connectivity index (χ2v) is 8.86. The summed E-state index contributed by atoms with van der Waals surface area (Å²) in [5.41, 5.74) is 1.39. The van der Waals surface area contributed by atoms with Crippen molar-refractivity contribution in [1.82, 2.24) is 0 Å². The molecule has 156 valence electrons. The summed E-state index contributed by atoms with van der Waals surface area (Å²) in [5, 5.41) is 0. The Bertz CT molecular complexity index is 813. The second kappa shape index (κ2) is 9.51. The largest absolute Gasteiger partial charge is 0.299 e. The molecule has 2 fully saturated rings. The average Bonchev–Trinajstić information content (AvgIpc) is 2.84. The number of carbonyl (C=O) groups excluding carboxylic acids is 3. The summed E-state index contributed by atoms with van der Waals surface area (Å²) in [7, 11) is 0. The van der Waals surface area contributed by atoms with Crippen molar-refractivity contribution >= 4 is 17.3 Å². The summed E-state index contributed by atoms with van der Waals surface area (Å²) in [6.45, 7) is 0. The van der Waals surface area contributed by atoms with E-state index in [0.29, 0.717) is 11.1 Å². The number of ketones is 3. The van der Waals surface area contributed by atoms with Gasteiger partial charge < -0.3 is 0 Å². The molecule has 3 nitrogen and oxygen atoms in total. The van der Waals surface area contributed by atoms with E-state index in [2.05, 4.69) is 0 Å². The Morgan fingerprint density at radius 2 is 0.833 bits per heavy atom. The van der Waals surface area contributed by atoms with Crippen LogP contribution in [0.15, 0.2) is 60.7 Å². The van der Waals surface area contributed by atoms with Crippen LogP contribution >= 0.6 is 0 Å². The Balaban J connectivity index is 1.57. The van der Waals surface area contributed by atoms with Gasteiger partial charge in [0, 0.05) is 34.8 Å². The van der Waals surface area contributed by atoms with E-state index in [9.17, 15) is 14.4 Å². The molecule has 0 bridgehead atoms. The zero-order chi connectivity index (χ0) is 20.9. The average molecular weight is 403 g/mol. The Labute approximate surface area is 178 Å². The number of hydrogen-bond donors (Lipinski definition) is 0. The van der Waals surface area contributed by atoms with Crippen LogP contribution in [-0.4, -0.2) is 17.3 Å². The standard InChI is InChI=1S/C27H30O3/c28-25(19-11-3-1-4-12-19)21-15-7-9-17-23(21)27(30)24-18-10-8-16-22(24)26(29)20-13-5-2-6-14-20/h1-6,11-14,21-24H,7-10,15-18H2.